The lowest BCUT2D eigenvalue weighted by Crippen LogP contribution is -2.17. The maximum Gasteiger partial charge on any atom is 0.123 e. The molecule has 0 amide bonds. The van der Waals surface area contributed by atoms with E-state index in [0.29, 0.717) is 0 Å². The van der Waals surface area contributed by atoms with Gasteiger partial charge in [-0.3, -0.25) is 0 Å². The van der Waals surface area contributed by atoms with Crippen LogP contribution in [0.3, 0.4) is 0 Å². The molecule has 0 spiro atoms. The third-order valence-corrected chi connectivity index (χ3v) is 2.62. The molecular weight excluding hydrogens is 196 g/mol. The first-order chi connectivity index (χ1) is 7.69. The van der Waals surface area contributed by atoms with Crippen molar-refractivity contribution in [3.8, 4) is 5.75 Å². The average molecular weight is 216 g/mol. The van der Waals surface area contributed by atoms with Gasteiger partial charge >= 0.3 is 0 Å². The van der Waals surface area contributed by atoms with Crippen LogP contribution in [0.25, 0.3) is 0 Å². The Morgan fingerprint density at radius 2 is 2.12 bits per heavy atom. The fourth-order valence-electron chi connectivity index (χ4n) is 1.63. The molecule has 1 atom stereocenters. The van der Waals surface area contributed by atoms with Gasteiger partial charge in [-0.2, -0.15) is 0 Å². The van der Waals surface area contributed by atoms with E-state index in [2.05, 4.69) is 33.4 Å². The molecular formula is C15H20O. The lowest BCUT2D eigenvalue weighted by molar-refractivity contribution is 0.231. The molecule has 0 fully saturated rings. The quantitative estimate of drug-likeness (QED) is 0.667. The Kier molecular flexibility index (Phi) is 4.84. The first-order valence-electron chi connectivity index (χ1n) is 5.70. The molecule has 0 saturated carbocycles. The van der Waals surface area contributed by atoms with Crippen molar-refractivity contribution < 1.29 is 4.74 Å². The zero-order valence-corrected chi connectivity index (χ0v) is 10.4. The molecule has 1 rings (SSSR count). The molecule has 1 heteroatoms. The van der Waals surface area contributed by atoms with Gasteiger partial charge in [0.1, 0.15) is 11.9 Å². The Labute approximate surface area is 98.5 Å². The van der Waals surface area contributed by atoms with Crippen LogP contribution in [-0.4, -0.2) is 6.10 Å². The standard InChI is InChI=1S/C15H20O/c1-5-9-12(3)14(6-2)16-15-11-8-7-10-13(15)4/h5,7-11,14H,1,6H2,2-4H3. The van der Waals surface area contributed by atoms with Crippen LogP contribution in [0.4, 0.5) is 0 Å². The fraction of sp³-hybridized carbons (Fsp3) is 0.333. The summed E-state index contributed by atoms with van der Waals surface area (Å²) in [5.74, 6) is 0.964. The van der Waals surface area contributed by atoms with E-state index in [9.17, 15) is 0 Å². The maximum atomic E-state index is 5.99. The lowest BCUT2D eigenvalue weighted by atomic mass is 10.1. The third kappa shape index (κ3) is 3.27. The number of rotatable bonds is 5. The topological polar surface area (TPSA) is 9.23 Å². The van der Waals surface area contributed by atoms with Gasteiger partial charge in [-0.1, -0.05) is 43.9 Å². The molecule has 0 radical (unpaired) electrons. The largest absolute Gasteiger partial charge is 0.486 e. The van der Waals surface area contributed by atoms with Gasteiger partial charge in [-0.25, -0.2) is 0 Å². The van der Waals surface area contributed by atoms with E-state index in [4.69, 9.17) is 4.74 Å². The summed E-state index contributed by atoms with van der Waals surface area (Å²) in [5.41, 5.74) is 2.38. The van der Waals surface area contributed by atoms with Crippen LogP contribution in [0.2, 0.25) is 0 Å². The van der Waals surface area contributed by atoms with E-state index in [-0.39, 0.29) is 6.10 Å². The van der Waals surface area contributed by atoms with Gasteiger partial charge in [-0.15, -0.1) is 0 Å². The minimum atomic E-state index is 0.138. The van der Waals surface area contributed by atoms with Gasteiger partial charge in [0.2, 0.25) is 0 Å². The fourth-order valence-corrected chi connectivity index (χ4v) is 1.63. The number of para-hydroxylation sites is 1. The minimum absolute atomic E-state index is 0.138. The van der Waals surface area contributed by atoms with E-state index in [1.807, 2.05) is 24.3 Å². The molecule has 1 aromatic carbocycles. The molecule has 0 aromatic heterocycles. The van der Waals surface area contributed by atoms with Gasteiger partial charge in [0.05, 0.1) is 0 Å². The summed E-state index contributed by atoms with van der Waals surface area (Å²) in [5, 5.41) is 0. The highest BCUT2D eigenvalue weighted by Gasteiger charge is 2.10. The Balaban J connectivity index is 2.82. The van der Waals surface area contributed by atoms with Crippen LogP contribution in [0.5, 0.6) is 5.75 Å². The number of ether oxygens (including phenoxy) is 1. The summed E-state index contributed by atoms with van der Waals surface area (Å²) in [6.45, 7) is 9.98. The van der Waals surface area contributed by atoms with Gasteiger partial charge in [0.25, 0.3) is 0 Å². The van der Waals surface area contributed by atoms with Crippen LogP contribution in [0.1, 0.15) is 25.8 Å². The molecule has 1 aromatic rings. The number of hydrogen-bond acceptors (Lipinski definition) is 1. The SMILES string of the molecule is C=CC=C(C)C(CC)Oc1ccccc1C. The van der Waals surface area contributed by atoms with E-state index in [0.717, 1.165) is 12.2 Å². The summed E-state index contributed by atoms with van der Waals surface area (Å²) in [4.78, 5) is 0. The highest BCUT2D eigenvalue weighted by molar-refractivity contribution is 5.32. The van der Waals surface area contributed by atoms with Crippen LogP contribution in [0, 0.1) is 6.92 Å². The van der Waals surface area contributed by atoms with Crippen LogP contribution in [-0.2, 0) is 0 Å². The molecule has 1 nitrogen and oxygen atoms in total. The Morgan fingerprint density at radius 1 is 1.44 bits per heavy atom. The lowest BCUT2D eigenvalue weighted by Gasteiger charge is -2.19. The van der Waals surface area contributed by atoms with Crippen molar-refractivity contribution in [2.45, 2.75) is 33.3 Å². The first-order valence-corrected chi connectivity index (χ1v) is 5.70. The Bertz CT molecular complexity index is 377. The first kappa shape index (κ1) is 12.6. The Hall–Kier alpha value is -1.50. The van der Waals surface area contributed by atoms with Gasteiger partial charge in [0, 0.05) is 0 Å². The molecule has 0 N–H and O–H groups in total. The van der Waals surface area contributed by atoms with Gasteiger partial charge in [0.15, 0.2) is 0 Å². The highest BCUT2D eigenvalue weighted by atomic mass is 16.5. The third-order valence-electron chi connectivity index (χ3n) is 2.62. The monoisotopic (exact) mass is 216 g/mol. The summed E-state index contributed by atoms with van der Waals surface area (Å²) in [6, 6.07) is 8.10. The van der Waals surface area contributed by atoms with Gasteiger partial charge in [-0.05, 0) is 37.5 Å². The molecule has 0 aliphatic heterocycles. The van der Waals surface area contributed by atoms with E-state index < -0.39 is 0 Å². The van der Waals surface area contributed by atoms with Crippen LogP contribution in [0.15, 0.2) is 48.6 Å². The molecule has 0 aliphatic carbocycles. The van der Waals surface area contributed by atoms with E-state index in [1.165, 1.54) is 11.1 Å². The maximum absolute atomic E-state index is 5.99. The molecule has 86 valence electrons. The average Bonchev–Trinajstić information content (AvgIpc) is 2.28. The summed E-state index contributed by atoms with van der Waals surface area (Å²) >= 11 is 0. The second kappa shape index (κ2) is 6.16. The normalized spacial score (nSPS) is 13.3. The Morgan fingerprint density at radius 3 is 2.69 bits per heavy atom. The second-order valence-corrected chi connectivity index (χ2v) is 3.93. The predicted molar refractivity (Wildman–Crippen MR) is 69.8 cm³/mol. The van der Waals surface area contributed by atoms with E-state index >= 15 is 0 Å². The van der Waals surface area contributed by atoms with Crippen LogP contribution < -0.4 is 4.74 Å². The molecule has 16 heavy (non-hydrogen) atoms. The number of hydrogen-bond donors (Lipinski definition) is 0. The number of aryl methyl sites for hydroxylation is 1. The van der Waals surface area contributed by atoms with Crippen molar-refractivity contribution in [1.82, 2.24) is 0 Å². The van der Waals surface area contributed by atoms with Crippen molar-refractivity contribution in [3.63, 3.8) is 0 Å². The van der Waals surface area contributed by atoms with Crippen molar-refractivity contribution >= 4 is 0 Å². The smallest absolute Gasteiger partial charge is 0.123 e. The molecule has 0 heterocycles. The molecule has 1 unspecified atom stereocenters. The number of allylic oxidation sites excluding steroid dienone is 2. The molecule has 0 aliphatic rings. The van der Waals surface area contributed by atoms with Crippen molar-refractivity contribution in [2.24, 2.45) is 0 Å². The van der Waals surface area contributed by atoms with E-state index in [1.54, 1.807) is 6.08 Å². The summed E-state index contributed by atoms with van der Waals surface area (Å²) in [7, 11) is 0. The van der Waals surface area contributed by atoms with Crippen molar-refractivity contribution in [3.05, 3.63) is 54.1 Å². The molecule has 0 bridgehead atoms. The second-order valence-electron chi connectivity index (χ2n) is 3.93. The summed E-state index contributed by atoms with van der Waals surface area (Å²) in [6.07, 6.45) is 4.91. The minimum Gasteiger partial charge on any atom is -0.486 e. The van der Waals surface area contributed by atoms with Crippen molar-refractivity contribution in [1.29, 1.82) is 0 Å². The zero-order chi connectivity index (χ0) is 12.0. The van der Waals surface area contributed by atoms with Gasteiger partial charge < -0.3 is 4.74 Å². The predicted octanol–water partition coefficient (Wildman–Crippen LogP) is 4.28. The summed E-state index contributed by atoms with van der Waals surface area (Å²) < 4.78 is 5.99. The molecule has 0 saturated heterocycles. The van der Waals surface area contributed by atoms with Crippen molar-refractivity contribution in [2.75, 3.05) is 0 Å². The highest BCUT2D eigenvalue weighted by Crippen LogP contribution is 2.21. The van der Waals surface area contributed by atoms with Crippen LogP contribution >= 0.6 is 0 Å². The zero-order valence-electron chi connectivity index (χ0n) is 10.4. The number of benzene rings is 1.